The van der Waals surface area contributed by atoms with E-state index in [0.717, 1.165) is 10.5 Å². The van der Waals surface area contributed by atoms with Crippen LogP contribution in [0.1, 0.15) is 49.1 Å². The molecular formula is C33H33ClN4O4. The SMILES string of the molecule is C#Cc1ccccc1C(C(=O)Nc1c(C)cccc1Cl)N(CC#N)C(=O)C(Cc1ccccc1)NC(=O)OC(C)(C)C. The van der Waals surface area contributed by atoms with Crippen LogP contribution in [0.5, 0.6) is 0 Å². The van der Waals surface area contributed by atoms with Crippen molar-refractivity contribution in [2.45, 2.75) is 51.8 Å². The van der Waals surface area contributed by atoms with Gasteiger partial charge in [-0.3, -0.25) is 9.59 Å². The lowest BCUT2D eigenvalue weighted by atomic mass is 9.96. The van der Waals surface area contributed by atoms with E-state index in [-0.39, 0.29) is 6.42 Å². The zero-order valence-corrected chi connectivity index (χ0v) is 24.7. The summed E-state index contributed by atoms with van der Waals surface area (Å²) in [4.78, 5) is 42.3. The molecule has 2 N–H and O–H groups in total. The molecule has 0 saturated heterocycles. The number of hydrogen-bond acceptors (Lipinski definition) is 5. The first-order valence-electron chi connectivity index (χ1n) is 13.3. The number of amides is 3. The van der Waals surface area contributed by atoms with Gasteiger partial charge in [-0.15, -0.1) is 6.42 Å². The summed E-state index contributed by atoms with van der Waals surface area (Å²) < 4.78 is 5.42. The topological polar surface area (TPSA) is 112 Å². The Balaban J connectivity index is 2.11. The molecule has 0 aromatic heterocycles. The van der Waals surface area contributed by atoms with Crippen molar-refractivity contribution >= 4 is 35.2 Å². The number of nitrogens with one attached hydrogen (secondary N) is 2. The van der Waals surface area contributed by atoms with Gasteiger partial charge in [0.1, 0.15) is 24.2 Å². The minimum Gasteiger partial charge on any atom is -0.444 e. The summed E-state index contributed by atoms with van der Waals surface area (Å²) in [7, 11) is 0. The van der Waals surface area contributed by atoms with Crippen LogP contribution in [0, 0.1) is 30.6 Å². The average molecular weight is 585 g/mol. The second-order valence-electron chi connectivity index (χ2n) is 10.6. The number of benzene rings is 3. The van der Waals surface area contributed by atoms with Crippen molar-refractivity contribution in [1.82, 2.24) is 10.2 Å². The van der Waals surface area contributed by atoms with E-state index in [2.05, 4.69) is 16.6 Å². The van der Waals surface area contributed by atoms with Crippen molar-refractivity contribution in [2.75, 3.05) is 11.9 Å². The predicted octanol–water partition coefficient (Wildman–Crippen LogP) is 5.80. The van der Waals surface area contributed by atoms with Crippen molar-refractivity contribution in [3.8, 4) is 18.4 Å². The van der Waals surface area contributed by atoms with Crippen molar-refractivity contribution in [2.24, 2.45) is 0 Å². The number of nitriles is 1. The van der Waals surface area contributed by atoms with Crippen LogP contribution in [0.4, 0.5) is 10.5 Å². The summed E-state index contributed by atoms with van der Waals surface area (Å²) >= 11 is 6.40. The molecule has 0 spiro atoms. The number of halogens is 1. The zero-order valence-electron chi connectivity index (χ0n) is 24.0. The Kier molecular flexibility index (Phi) is 10.7. The lowest BCUT2D eigenvalue weighted by molar-refractivity contribution is -0.140. The maximum Gasteiger partial charge on any atom is 0.408 e. The molecule has 0 saturated carbocycles. The Labute approximate surface area is 251 Å². The van der Waals surface area contributed by atoms with Crippen LogP contribution in [-0.2, 0) is 20.7 Å². The molecule has 0 fully saturated rings. The number of hydrogen-bond donors (Lipinski definition) is 2. The van der Waals surface area contributed by atoms with Crippen LogP contribution in [0.3, 0.4) is 0 Å². The number of carbonyl (C=O) groups excluding carboxylic acids is 3. The van der Waals surface area contributed by atoms with Gasteiger partial charge < -0.3 is 20.3 Å². The van der Waals surface area contributed by atoms with Crippen molar-refractivity contribution < 1.29 is 19.1 Å². The molecule has 216 valence electrons. The van der Waals surface area contributed by atoms with Crippen LogP contribution in [-0.4, -0.2) is 41.0 Å². The molecule has 0 bridgehead atoms. The summed E-state index contributed by atoms with van der Waals surface area (Å²) in [5.74, 6) is 1.26. The Bertz CT molecular complexity index is 1500. The van der Waals surface area contributed by atoms with E-state index in [0.29, 0.717) is 27.4 Å². The highest BCUT2D eigenvalue weighted by Gasteiger charge is 2.37. The Hall–Kier alpha value is -4.79. The first-order chi connectivity index (χ1) is 19.9. The zero-order chi connectivity index (χ0) is 30.9. The van der Waals surface area contributed by atoms with Gasteiger partial charge in [-0.1, -0.05) is 78.2 Å². The largest absolute Gasteiger partial charge is 0.444 e. The van der Waals surface area contributed by atoms with E-state index < -0.39 is 42.1 Å². The predicted molar refractivity (Wildman–Crippen MR) is 163 cm³/mol. The minimum absolute atomic E-state index is 0.0790. The first kappa shape index (κ1) is 31.7. The summed E-state index contributed by atoms with van der Waals surface area (Å²) in [6.07, 6.45) is 5.05. The number of aryl methyl sites for hydroxylation is 1. The maximum atomic E-state index is 14.3. The number of terminal acetylenes is 1. The molecule has 0 heterocycles. The fourth-order valence-corrected chi connectivity index (χ4v) is 4.64. The smallest absolute Gasteiger partial charge is 0.408 e. The van der Waals surface area contributed by atoms with E-state index in [4.69, 9.17) is 22.8 Å². The van der Waals surface area contributed by atoms with Gasteiger partial charge in [0.25, 0.3) is 5.91 Å². The van der Waals surface area contributed by atoms with Gasteiger partial charge in [-0.05, 0) is 56.5 Å². The quantitative estimate of drug-likeness (QED) is 0.244. The maximum absolute atomic E-state index is 14.3. The minimum atomic E-state index is -1.33. The second-order valence-corrected chi connectivity index (χ2v) is 11.0. The third kappa shape index (κ3) is 8.36. The molecule has 3 aromatic rings. The van der Waals surface area contributed by atoms with Crippen LogP contribution in [0.25, 0.3) is 0 Å². The monoisotopic (exact) mass is 584 g/mol. The van der Waals surface area contributed by atoms with Gasteiger partial charge in [0.05, 0.1) is 16.8 Å². The molecule has 2 unspecified atom stereocenters. The molecule has 0 radical (unpaired) electrons. The van der Waals surface area contributed by atoms with Gasteiger partial charge in [-0.25, -0.2) is 4.79 Å². The third-order valence-electron chi connectivity index (χ3n) is 6.24. The highest BCUT2D eigenvalue weighted by molar-refractivity contribution is 6.34. The number of ether oxygens (including phenoxy) is 1. The average Bonchev–Trinajstić information content (AvgIpc) is 2.94. The van der Waals surface area contributed by atoms with E-state index in [1.165, 1.54) is 0 Å². The van der Waals surface area contributed by atoms with E-state index in [9.17, 15) is 19.6 Å². The number of rotatable bonds is 9. The molecule has 0 aliphatic heterocycles. The van der Waals surface area contributed by atoms with Gasteiger partial charge in [0.2, 0.25) is 5.91 Å². The van der Waals surface area contributed by atoms with Crippen LogP contribution >= 0.6 is 11.6 Å². The van der Waals surface area contributed by atoms with Crippen molar-refractivity contribution in [3.63, 3.8) is 0 Å². The molecule has 3 rings (SSSR count). The Morgan fingerprint density at radius 3 is 2.31 bits per heavy atom. The molecule has 9 heteroatoms. The molecule has 0 aliphatic rings. The summed E-state index contributed by atoms with van der Waals surface area (Å²) in [5, 5.41) is 15.6. The molecular weight excluding hydrogens is 552 g/mol. The standard InChI is InChI=1S/C33H33ClN4O4/c1-6-24-16-10-11-17-25(24)29(30(39)37-28-22(2)13-12-18-26(28)34)38(20-19-35)31(40)27(21-23-14-8-7-9-15-23)36-32(41)42-33(3,4)5/h1,7-18,27,29H,20-21H2,2-5H3,(H,36,41)(H,37,39). The van der Waals surface area contributed by atoms with E-state index in [1.54, 1.807) is 70.2 Å². The van der Waals surface area contributed by atoms with Crippen LogP contribution < -0.4 is 10.6 Å². The lowest BCUT2D eigenvalue weighted by Gasteiger charge is -2.33. The molecule has 0 aliphatic carbocycles. The summed E-state index contributed by atoms with van der Waals surface area (Å²) in [6, 6.07) is 20.4. The molecule has 42 heavy (non-hydrogen) atoms. The third-order valence-corrected chi connectivity index (χ3v) is 6.55. The second kappa shape index (κ2) is 14.2. The highest BCUT2D eigenvalue weighted by atomic mass is 35.5. The van der Waals surface area contributed by atoms with Crippen molar-refractivity contribution in [1.29, 1.82) is 5.26 Å². The number of carbonyl (C=O) groups is 3. The van der Waals surface area contributed by atoms with Gasteiger partial charge in [-0.2, -0.15) is 5.26 Å². The summed E-state index contributed by atoms with van der Waals surface area (Å²) in [5.41, 5.74) is 1.69. The Morgan fingerprint density at radius 2 is 1.69 bits per heavy atom. The summed E-state index contributed by atoms with van der Waals surface area (Å²) in [6.45, 7) is 6.42. The van der Waals surface area contributed by atoms with Crippen molar-refractivity contribution in [3.05, 3.63) is 100 Å². The molecule has 3 aromatic carbocycles. The number of anilines is 1. The Morgan fingerprint density at radius 1 is 1.02 bits per heavy atom. The first-order valence-corrected chi connectivity index (χ1v) is 13.6. The number of para-hydroxylation sites is 1. The normalized spacial score (nSPS) is 12.2. The van der Waals surface area contributed by atoms with Crippen LogP contribution in [0.15, 0.2) is 72.8 Å². The lowest BCUT2D eigenvalue weighted by Crippen LogP contribution is -2.53. The van der Waals surface area contributed by atoms with Gasteiger partial charge in [0.15, 0.2) is 0 Å². The molecule has 3 amide bonds. The van der Waals surface area contributed by atoms with Crippen LogP contribution in [0.2, 0.25) is 5.02 Å². The highest BCUT2D eigenvalue weighted by Crippen LogP contribution is 2.30. The van der Waals surface area contributed by atoms with E-state index in [1.807, 2.05) is 36.4 Å². The number of nitrogens with zero attached hydrogens (tertiary/aromatic N) is 2. The van der Waals surface area contributed by atoms with E-state index >= 15 is 0 Å². The van der Waals surface area contributed by atoms with Gasteiger partial charge in [0, 0.05) is 12.0 Å². The van der Waals surface area contributed by atoms with Gasteiger partial charge >= 0.3 is 6.09 Å². The fraction of sp³-hybridized carbons (Fsp3) is 0.273. The molecule has 8 nitrogen and oxygen atoms in total. The fourth-order valence-electron chi connectivity index (χ4n) is 4.37. The molecule has 2 atom stereocenters. The number of alkyl carbamates (subject to hydrolysis) is 1.